The molecule has 0 spiro atoms. The van der Waals surface area contributed by atoms with E-state index in [9.17, 15) is 4.79 Å². The highest BCUT2D eigenvalue weighted by atomic mass is 16.5. The lowest BCUT2D eigenvalue weighted by Gasteiger charge is -2.14. The number of aryl methyl sites for hydroxylation is 1. The predicted octanol–water partition coefficient (Wildman–Crippen LogP) is 8.86. The van der Waals surface area contributed by atoms with E-state index < -0.39 is 0 Å². The number of hydrogen-bond acceptors (Lipinski definition) is 3. The second kappa shape index (κ2) is 16.5. The van der Waals surface area contributed by atoms with Gasteiger partial charge in [0, 0.05) is 6.61 Å². The molecule has 0 aliphatic carbocycles. The number of unbranched alkanes of at least 4 members (excludes halogenated alkanes) is 9. The Morgan fingerprint density at radius 1 is 0.758 bits per heavy atom. The van der Waals surface area contributed by atoms with Gasteiger partial charge >= 0.3 is 5.97 Å². The van der Waals surface area contributed by atoms with Gasteiger partial charge in [-0.15, -0.1) is 0 Å². The molecule has 0 N–H and O–H groups in total. The molecule has 0 saturated carbocycles. The monoisotopic (exact) mass is 452 g/mol. The van der Waals surface area contributed by atoms with Gasteiger partial charge in [-0.3, -0.25) is 0 Å². The quantitative estimate of drug-likeness (QED) is 0.137. The molecule has 0 aliphatic rings. The maximum absolute atomic E-state index is 12.7. The molecule has 3 nitrogen and oxygen atoms in total. The van der Waals surface area contributed by atoms with Crippen LogP contribution in [0.5, 0.6) is 5.75 Å². The molecule has 182 valence electrons. The number of para-hydroxylation sites is 1. The highest BCUT2D eigenvalue weighted by molar-refractivity contribution is 5.91. The number of benzene rings is 2. The first kappa shape index (κ1) is 27.1. The summed E-state index contributed by atoms with van der Waals surface area (Å²) in [5.41, 5.74) is 2.77. The van der Waals surface area contributed by atoms with Gasteiger partial charge in [-0.25, -0.2) is 4.79 Å². The largest absolute Gasteiger partial charge is 0.423 e. The first-order valence-electron chi connectivity index (χ1n) is 13.2. The minimum atomic E-state index is -0.304. The van der Waals surface area contributed by atoms with Gasteiger partial charge in [0.05, 0.1) is 11.7 Å². The lowest BCUT2D eigenvalue weighted by Crippen LogP contribution is -2.10. The van der Waals surface area contributed by atoms with Gasteiger partial charge in [-0.1, -0.05) is 102 Å². The number of esters is 1. The molecule has 0 radical (unpaired) electrons. The van der Waals surface area contributed by atoms with Gasteiger partial charge in [-0.05, 0) is 55.5 Å². The minimum Gasteiger partial charge on any atom is -0.423 e. The van der Waals surface area contributed by atoms with E-state index in [1.165, 1.54) is 57.8 Å². The summed E-state index contributed by atoms with van der Waals surface area (Å²) in [5.74, 6) is 0.376. The van der Waals surface area contributed by atoms with E-state index in [1.807, 2.05) is 42.5 Å². The van der Waals surface area contributed by atoms with Gasteiger partial charge in [-0.2, -0.15) is 0 Å². The molecular weight excluding hydrogens is 408 g/mol. The third kappa shape index (κ3) is 10.6. The Morgan fingerprint density at radius 3 is 2.06 bits per heavy atom. The Labute approximate surface area is 201 Å². The van der Waals surface area contributed by atoms with Crippen LogP contribution in [0.2, 0.25) is 0 Å². The van der Waals surface area contributed by atoms with Gasteiger partial charge in [0.25, 0.3) is 0 Å². The fourth-order valence-electron chi connectivity index (χ4n) is 4.02. The van der Waals surface area contributed by atoms with Crippen molar-refractivity contribution in [3.05, 3.63) is 65.2 Å². The fourth-order valence-corrected chi connectivity index (χ4v) is 4.02. The zero-order chi connectivity index (χ0) is 23.7. The van der Waals surface area contributed by atoms with Crippen molar-refractivity contribution in [3.63, 3.8) is 0 Å². The summed E-state index contributed by atoms with van der Waals surface area (Å²) >= 11 is 0. The SMILES string of the molecule is CCCCCCCCc1ccccc1OC(=O)c1ccc(C(C)OCCCCCCC)cc1. The van der Waals surface area contributed by atoms with Crippen molar-refractivity contribution < 1.29 is 14.3 Å². The van der Waals surface area contributed by atoms with Gasteiger partial charge in [0.15, 0.2) is 0 Å². The Balaban J connectivity index is 1.82. The third-order valence-corrected chi connectivity index (χ3v) is 6.21. The summed E-state index contributed by atoms with van der Waals surface area (Å²) in [4.78, 5) is 12.7. The molecule has 0 bridgehead atoms. The molecule has 0 amide bonds. The summed E-state index contributed by atoms with van der Waals surface area (Å²) in [6.07, 6.45) is 14.7. The summed E-state index contributed by atoms with van der Waals surface area (Å²) < 4.78 is 11.7. The van der Waals surface area contributed by atoms with Crippen LogP contribution in [-0.4, -0.2) is 12.6 Å². The summed E-state index contributed by atoms with van der Waals surface area (Å²) in [6, 6.07) is 15.5. The highest BCUT2D eigenvalue weighted by Gasteiger charge is 2.13. The molecule has 1 unspecified atom stereocenters. The normalized spacial score (nSPS) is 12.0. The van der Waals surface area contributed by atoms with Crippen LogP contribution in [0.25, 0.3) is 0 Å². The summed E-state index contributed by atoms with van der Waals surface area (Å²) in [7, 11) is 0. The van der Waals surface area contributed by atoms with Crippen LogP contribution < -0.4 is 4.74 Å². The van der Waals surface area contributed by atoms with E-state index in [4.69, 9.17) is 9.47 Å². The van der Waals surface area contributed by atoms with E-state index in [2.05, 4.69) is 26.8 Å². The molecule has 2 rings (SSSR count). The number of carbonyl (C=O) groups is 1. The zero-order valence-corrected chi connectivity index (χ0v) is 21.1. The maximum Gasteiger partial charge on any atom is 0.343 e. The van der Waals surface area contributed by atoms with Crippen molar-refractivity contribution in [2.24, 2.45) is 0 Å². The Kier molecular flexibility index (Phi) is 13.5. The molecule has 1 atom stereocenters. The summed E-state index contributed by atoms with van der Waals surface area (Å²) in [5, 5.41) is 0. The Bertz CT molecular complexity index is 781. The van der Waals surface area contributed by atoms with Crippen LogP contribution in [0.15, 0.2) is 48.5 Å². The average Bonchev–Trinajstić information content (AvgIpc) is 2.84. The molecule has 2 aromatic carbocycles. The second-order valence-electron chi connectivity index (χ2n) is 9.06. The molecule has 0 saturated heterocycles. The van der Waals surface area contributed by atoms with Crippen LogP contribution in [0, 0.1) is 0 Å². The topological polar surface area (TPSA) is 35.5 Å². The average molecular weight is 453 g/mol. The van der Waals surface area contributed by atoms with Crippen molar-refractivity contribution in [1.82, 2.24) is 0 Å². The summed E-state index contributed by atoms with van der Waals surface area (Å²) in [6.45, 7) is 7.32. The zero-order valence-electron chi connectivity index (χ0n) is 21.1. The first-order chi connectivity index (χ1) is 16.2. The van der Waals surface area contributed by atoms with Gasteiger partial charge < -0.3 is 9.47 Å². The molecule has 0 aromatic heterocycles. The molecule has 33 heavy (non-hydrogen) atoms. The van der Waals surface area contributed by atoms with E-state index in [0.29, 0.717) is 11.3 Å². The van der Waals surface area contributed by atoms with Crippen molar-refractivity contribution >= 4 is 5.97 Å². The molecule has 3 heteroatoms. The van der Waals surface area contributed by atoms with Crippen LogP contribution >= 0.6 is 0 Å². The van der Waals surface area contributed by atoms with Crippen molar-refractivity contribution in [1.29, 1.82) is 0 Å². The number of rotatable bonds is 17. The van der Waals surface area contributed by atoms with Crippen molar-refractivity contribution in [2.45, 2.75) is 104 Å². The molecule has 0 fully saturated rings. The minimum absolute atomic E-state index is 0.0271. The first-order valence-corrected chi connectivity index (χ1v) is 13.2. The molecule has 0 aliphatic heterocycles. The fraction of sp³-hybridized carbons (Fsp3) is 0.567. The molecule has 0 heterocycles. The highest BCUT2D eigenvalue weighted by Crippen LogP contribution is 2.23. The number of hydrogen-bond donors (Lipinski definition) is 0. The maximum atomic E-state index is 12.7. The van der Waals surface area contributed by atoms with E-state index in [0.717, 1.165) is 37.0 Å². The Morgan fingerprint density at radius 2 is 1.36 bits per heavy atom. The van der Waals surface area contributed by atoms with Crippen LogP contribution in [0.4, 0.5) is 0 Å². The Hall–Kier alpha value is -2.13. The standard InChI is InChI=1S/C30H44O3/c1-4-6-8-10-11-13-17-27-18-14-15-19-29(27)33-30(31)28-22-20-26(21-23-28)25(3)32-24-16-12-9-7-5-2/h14-15,18-23,25H,4-13,16-17,24H2,1-3H3. The lowest BCUT2D eigenvalue weighted by molar-refractivity contribution is 0.0626. The van der Waals surface area contributed by atoms with E-state index in [-0.39, 0.29) is 12.1 Å². The van der Waals surface area contributed by atoms with Crippen molar-refractivity contribution in [3.8, 4) is 5.75 Å². The smallest absolute Gasteiger partial charge is 0.343 e. The molecule has 2 aromatic rings. The van der Waals surface area contributed by atoms with Gasteiger partial charge in [0.1, 0.15) is 5.75 Å². The van der Waals surface area contributed by atoms with Crippen LogP contribution in [-0.2, 0) is 11.2 Å². The van der Waals surface area contributed by atoms with E-state index in [1.54, 1.807) is 0 Å². The van der Waals surface area contributed by atoms with Gasteiger partial charge in [0.2, 0.25) is 0 Å². The predicted molar refractivity (Wildman–Crippen MR) is 138 cm³/mol. The molecular formula is C30H44O3. The van der Waals surface area contributed by atoms with Crippen LogP contribution in [0.3, 0.4) is 0 Å². The number of ether oxygens (including phenoxy) is 2. The van der Waals surface area contributed by atoms with Crippen LogP contribution in [0.1, 0.15) is 119 Å². The second-order valence-corrected chi connectivity index (χ2v) is 9.06. The van der Waals surface area contributed by atoms with E-state index >= 15 is 0 Å². The van der Waals surface area contributed by atoms with Crippen molar-refractivity contribution in [2.75, 3.05) is 6.61 Å². The number of carbonyl (C=O) groups excluding carboxylic acids is 1. The third-order valence-electron chi connectivity index (χ3n) is 6.21. The lowest BCUT2D eigenvalue weighted by atomic mass is 10.0.